The van der Waals surface area contributed by atoms with Crippen molar-refractivity contribution < 1.29 is 4.79 Å². The molecule has 0 aromatic rings. The topological polar surface area (TPSA) is 17.1 Å². The Hall–Kier alpha value is -0.850. The molecule has 12 heavy (non-hydrogen) atoms. The molecule has 0 N–H and O–H groups in total. The summed E-state index contributed by atoms with van der Waals surface area (Å²) in [5.41, 5.74) is 0. The van der Waals surface area contributed by atoms with Gasteiger partial charge in [-0.2, -0.15) is 0 Å². The van der Waals surface area contributed by atoms with E-state index < -0.39 is 0 Å². The van der Waals surface area contributed by atoms with E-state index in [1.54, 1.807) is 12.2 Å². The lowest BCUT2D eigenvalue weighted by molar-refractivity contribution is -0.114. The molecule has 1 nitrogen and oxygen atoms in total. The summed E-state index contributed by atoms with van der Waals surface area (Å²) in [5, 5.41) is 0. The van der Waals surface area contributed by atoms with Crippen molar-refractivity contribution in [3.63, 3.8) is 0 Å². The lowest BCUT2D eigenvalue weighted by atomic mass is 10.1. The number of hydrogen-bond acceptors (Lipinski definition) is 1. The molecule has 0 aliphatic heterocycles. The largest absolute Gasteiger partial charge is 0.295 e. The molecule has 0 aliphatic carbocycles. The molecule has 0 fully saturated rings. The maximum atomic E-state index is 11.1. The number of allylic oxidation sites excluding steroid dienone is 4. The lowest BCUT2D eigenvalue weighted by Crippen LogP contribution is -1.91. The molecule has 0 amide bonds. The van der Waals surface area contributed by atoms with Gasteiger partial charge in [-0.15, -0.1) is 0 Å². The summed E-state index contributed by atoms with van der Waals surface area (Å²) >= 11 is 0. The smallest absolute Gasteiger partial charge is 0.155 e. The highest BCUT2D eigenvalue weighted by Crippen LogP contribution is 2.00. The second-order valence-electron chi connectivity index (χ2n) is 2.81. The molecule has 0 aliphatic rings. The van der Waals surface area contributed by atoms with Crippen LogP contribution in [0.5, 0.6) is 0 Å². The van der Waals surface area contributed by atoms with Crippen LogP contribution in [0, 0.1) is 0 Å². The van der Waals surface area contributed by atoms with E-state index in [0.717, 1.165) is 12.8 Å². The Bertz CT molecular complexity index is 166. The average Bonchev–Trinajstić information content (AvgIpc) is 2.06. The number of unbranched alkanes of at least 4 members (excludes halogenated alkanes) is 2. The molecule has 0 aromatic carbocycles. The number of rotatable bonds is 6. The molecule has 0 atom stereocenters. The fourth-order valence-corrected chi connectivity index (χ4v) is 0.907. The van der Waals surface area contributed by atoms with Gasteiger partial charge in [0.15, 0.2) is 5.78 Å². The van der Waals surface area contributed by atoms with E-state index in [2.05, 4.69) is 6.92 Å². The van der Waals surface area contributed by atoms with Crippen LogP contribution in [0.25, 0.3) is 0 Å². The molecule has 1 heteroatoms. The molecule has 68 valence electrons. The second-order valence-corrected chi connectivity index (χ2v) is 2.81. The Kier molecular flexibility index (Phi) is 7.66. The predicted octanol–water partition coefficient (Wildman–Crippen LogP) is 3.27. The third-order valence-corrected chi connectivity index (χ3v) is 1.61. The normalized spacial score (nSPS) is 11.5. The van der Waals surface area contributed by atoms with Crippen molar-refractivity contribution in [2.45, 2.75) is 39.5 Å². The highest BCUT2D eigenvalue weighted by Gasteiger charge is 1.93. The summed E-state index contributed by atoms with van der Waals surface area (Å²) in [6, 6.07) is 0. The summed E-state index contributed by atoms with van der Waals surface area (Å²) in [7, 11) is 0. The van der Waals surface area contributed by atoms with E-state index in [0.29, 0.717) is 6.42 Å². The first-order valence-electron chi connectivity index (χ1n) is 4.63. The number of carbonyl (C=O) groups excluding carboxylic acids is 1. The summed E-state index contributed by atoms with van der Waals surface area (Å²) in [6.07, 6.45) is 11.3. The molecular weight excluding hydrogens is 148 g/mol. The first kappa shape index (κ1) is 11.2. The first-order chi connectivity index (χ1) is 5.81. The SMILES string of the molecule is CC=CC=CC(=O)CCCCC. The molecule has 0 unspecified atom stereocenters. The van der Waals surface area contributed by atoms with Crippen LogP contribution in [0.1, 0.15) is 39.5 Å². The Morgan fingerprint density at radius 1 is 1.25 bits per heavy atom. The molecule has 0 heterocycles. The van der Waals surface area contributed by atoms with Crippen LogP contribution < -0.4 is 0 Å². The standard InChI is InChI=1S/C11H18O/c1-3-5-7-9-11(12)10-8-6-4-2/h3,5,7,9H,4,6,8,10H2,1-2H3. The van der Waals surface area contributed by atoms with Gasteiger partial charge in [0, 0.05) is 6.42 Å². The van der Waals surface area contributed by atoms with E-state index in [9.17, 15) is 4.79 Å². The van der Waals surface area contributed by atoms with Crippen LogP contribution in [-0.4, -0.2) is 5.78 Å². The van der Waals surface area contributed by atoms with E-state index in [1.807, 2.05) is 19.1 Å². The minimum absolute atomic E-state index is 0.238. The Labute approximate surface area is 75.2 Å². The van der Waals surface area contributed by atoms with Crippen LogP contribution in [0.15, 0.2) is 24.3 Å². The highest BCUT2D eigenvalue weighted by atomic mass is 16.1. The van der Waals surface area contributed by atoms with Crippen molar-refractivity contribution in [1.29, 1.82) is 0 Å². The van der Waals surface area contributed by atoms with Crippen molar-refractivity contribution in [2.75, 3.05) is 0 Å². The lowest BCUT2D eigenvalue weighted by Gasteiger charge is -1.92. The zero-order valence-electron chi connectivity index (χ0n) is 8.05. The molecule has 0 spiro atoms. The van der Waals surface area contributed by atoms with Gasteiger partial charge in [0.2, 0.25) is 0 Å². The van der Waals surface area contributed by atoms with Gasteiger partial charge >= 0.3 is 0 Å². The molecule has 0 bridgehead atoms. The van der Waals surface area contributed by atoms with E-state index in [1.165, 1.54) is 6.42 Å². The summed E-state index contributed by atoms with van der Waals surface area (Å²) in [4.78, 5) is 11.1. The number of ketones is 1. The maximum Gasteiger partial charge on any atom is 0.155 e. The number of carbonyl (C=O) groups is 1. The average molecular weight is 166 g/mol. The minimum Gasteiger partial charge on any atom is -0.295 e. The fourth-order valence-electron chi connectivity index (χ4n) is 0.907. The van der Waals surface area contributed by atoms with Crippen molar-refractivity contribution in [3.8, 4) is 0 Å². The molecule has 0 rings (SSSR count). The van der Waals surface area contributed by atoms with Crippen LogP contribution in [0.4, 0.5) is 0 Å². The van der Waals surface area contributed by atoms with Gasteiger partial charge in [-0.3, -0.25) is 4.79 Å². The molecule has 0 aromatic heterocycles. The van der Waals surface area contributed by atoms with Crippen molar-refractivity contribution in [3.05, 3.63) is 24.3 Å². The van der Waals surface area contributed by atoms with Crippen molar-refractivity contribution in [2.24, 2.45) is 0 Å². The van der Waals surface area contributed by atoms with Gasteiger partial charge in [-0.25, -0.2) is 0 Å². The molecule has 0 radical (unpaired) electrons. The number of hydrogen-bond donors (Lipinski definition) is 0. The minimum atomic E-state index is 0.238. The van der Waals surface area contributed by atoms with Crippen LogP contribution in [-0.2, 0) is 4.79 Å². The third kappa shape index (κ3) is 7.26. The van der Waals surface area contributed by atoms with Gasteiger partial charge in [0.1, 0.15) is 0 Å². The van der Waals surface area contributed by atoms with Crippen LogP contribution >= 0.6 is 0 Å². The highest BCUT2D eigenvalue weighted by molar-refractivity contribution is 5.89. The zero-order chi connectivity index (χ0) is 9.23. The fraction of sp³-hybridized carbons (Fsp3) is 0.545. The monoisotopic (exact) mass is 166 g/mol. The summed E-state index contributed by atoms with van der Waals surface area (Å²) in [5.74, 6) is 0.238. The van der Waals surface area contributed by atoms with Gasteiger partial charge in [-0.1, -0.05) is 38.0 Å². The predicted molar refractivity (Wildman–Crippen MR) is 53.1 cm³/mol. The Balaban J connectivity index is 3.45. The summed E-state index contributed by atoms with van der Waals surface area (Å²) in [6.45, 7) is 4.08. The molecule has 0 saturated carbocycles. The Morgan fingerprint density at radius 2 is 2.00 bits per heavy atom. The van der Waals surface area contributed by atoms with Gasteiger partial charge in [0.05, 0.1) is 0 Å². The van der Waals surface area contributed by atoms with Gasteiger partial charge in [-0.05, 0) is 19.4 Å². The second kappa shape index (κ2) is 8.25. The van der Waals surface area contributed by atoms with Crippen molar-refractivity contribution >= 4 is 5.78 Å². The summed E-state index contributed by atoms with van der Waals surface area (Å²) < 4.78 is 0. The van der Waals surface area contributed by atoms with E-state index in [4.69, 9.17) is 0 Å². The van der Waals surface area contributed by atoms with E-state index in [-0.39, 0.29) is 5.78 Å². The van der Waals surface area contributed by atoms with E-state index >= 15 is 0 Å². The van der Waals surface area contributed by atoms with Gasteiger partial charge in [0.25, 0.3) is 0 Å². The van der Waals surface area contributed by atoms with Crippen molar-refractivity contribution in [1.82, 2.24) is 0 Å². The first-order valence-corrected chi connectivity index (χ1v) is 4.63. The van der Waals surface area contributed by atoms with Gasteiger partial charge < -0.3 is 0 Å². The van der Waals surface area contributed by atoms with Crippen LogP contribution in [0.3, 0.4) is 0 Å². The Morgan fingerprint density at radius 3 is 2.58 bits per heavy atom. The van der Waals surface area contributed by atoms with Crippen LogP contribution in [0.2, 0.25) is 0 Å². The third-order valence-electron chi connectivity index (χ3n) is 1.61. The maximum absolute atomic E-state index is 11.1. The quantitative estimate of drug-likeness (QED) is 0.336. The molecule has 0 saturated heterocycles. The molecular formula is C11H18O. The zero-order valence-corrected chi connectivity index (χ0v) is 8.05.